The van der Waals surface area contributed by atoms with Gasteiger partial charge in [0.15, 0.2) is 12.0 Å². The van der Waals surface area contributed by atoms with E-state index in [4.69, 9.17) is 4.74 Å². The van der Waals surface area contributed by atoms with E-state index in [-0.39, 0.29) is 35.1 Å². The van der Waals surface area contributed by atoms with Gasteiger partial charge in [-0.15, -0.1) is 23.4 Å². The molecule has 2 N–H and O–H groups in total. The number of halogens is 3. The van der Waals surface area contributed by atoms with Gasteiger partial charge in [0.25, 0.3) is 0 Å². The Morgan fingerprint density at radius 2 is 1.59 bits per heavy atom. The smallest absolute Gasteiger partial charge is 0.507 e. The number of aliphatic hydroxyl groups excluding tert-OH is 2. The Labute approximate surface area is 223 Å². The second-order valence-electron chi connectivity index (χ2n) is 9.60. The first-order chi connectivity index (χ1) is 18.4. The Morgan fingerprint density at radius 3 is 2.10 bits per heavy atom. The molecule has 206 valence electrons. The summed E-state index contributed by atoms with van der Waals surface area (Å²) < 4.78 is 47.6. The maximum absolute atomic E-state index is 13.4. The molecule has 0 amide bonds. The standard InChI is InChI=1S/C28H28F3N3O5/c1-15(2)17-5-7-19(8-6-17)25(35)23-24(18-9-11-20(12-10-18)39-28(29,30)31)34(27(37)26(23)36)21-13-14-22(33-32-21)38-16(3)4/h5-16,24,27,35,37H,1-4H3. The molecule has 3 aromatic rings. The molecule has 1 saturated heterocycles. The Morgan fingerprint density at radius 1 is 0.949 bits per heavy atom. The average molecular weight is 544 g/mol. The molecule has 0 saturated carbocycles. The molecule has 0 bridgehead atoms. The van der Waals surface area contributed by atoms with Gasteiger partial charge in [0.2, 0.25) is 11.7 Å². The van der Waals surface area contributed by atoms with Crippen LogP contribution in [0.5, 0.6) is 11.6 Å². The topological polar surface area (TPSA) is 105 Å². The minimum Gasteiger partial charge on any atom is -0.507 e. The predicted octanol–water partition coefficient (Wildman–Crippen LogP) is 5.70. The van der Waals surface area contributed by atoms with Gasteiger partial charge in [-0.25, -0.2) is 0 Å². The Hall–Kier alpha value is -4.12. The molecule has 2 atom stereocenters. The van der Waals surface area contributed by atoms with Crippen molar-refractivity contribution in [3.05, 3.63) is 82.9 Å². The van der Waals surface area contributed by atoms with Crippen LogP contribution >= 0.6 is 0 Å². The van der Waals surface area contributed by atoms with E-state index in [0.717, 1.165) is 17.7 Å². The SMILES string of the molecule is CC(C)Oc1ccc(N2C(O)C(=O)C(=C(O)c3ccc(C(C)C)cc3)C2c2ccc(OC(F)(F)F)cc2)nn1. The summed E-state index contributed by atoms with van der Waals surface area (Å²) in [7, 11) is 0. The highest BCUT2D eigenvalue weighted by molar-refractivity contribution is 6.10. The number of benzene rings is 2. The predicted molar refractivity (Wildman–Crippen MR) is 137 cm³/mol. The third-order valence-corrected chi connectivity index (χ3v) is 6.10. The Bertz CT molecular complexity index is 1340. The van der Waals surface area contributed by atoms with Crippen LogP contribution in [0.25, 0.3) is 5.76 Å². The van der Waals surface area contributed by atoms with Gasteiger partial charge in [-0.05, 0) is 49.1 Å². The summed E-state index contributed by atoms with van der Waals surface area (Å²) in [6.45, 7) is 7.66. The maximum Gasteiger partial charge on any atom is 0.573 e. The number of hydrogen-bond donors (Lipinski definition) is 2. The quantitative estimate of drug-likeness (QED) is 0.289. The molecule has 0 radical (unpaired) electrons. The fourth-order valence-electron chi connectivity index (χ4n) is 4.30. The second-order valence-corrected chi connectivity index (χ2v) is 9.60. The van der Waals surface area contributed by atoms with Gasteiger partial charge in [-0.3, -0.25) is 4.79 Å². The maximum atomic E-state index is 13.4. The van der Waals surface area contributed by atoms with Gasteiger partial charge in [-0.1, -0.05) is 50.2 Å². The molecule has 8 nitrogen and oxygen atoms in total. The lowest BCUT2D eigenvalue weighted by molar-refractivity contribution is -0.274. The summed E-state index contributed by atoms with van der Waals surface area (Å²) in [5.41, 5.74) is 1.52. The fraction of sp³-hybridized carbons (Fsp3) is 0.321. The Kier molecular flexibility index (Phi) is 7.82. The van der Waals surface area contributed by atoms with Gasteiger partial charge >= 0.3 is 6.36 Å². The van der Waals surface area contributed by atoms with Crippen molar-refractivity contribution in [2.24, 2.45) is 0 Å². The summed E-state index contributed by atoms with van der Waals surface area (Å²) in [5.74, 6) is -1.06. The third kappa shape index (κ3) is 6.14. The summed E-state index contributed by atoms with van der Waals surface area (Å²) in [6, 6.07) is 13.7. The molecular formula is C28H28F3N3O5. The van der Waals surface area contributed by atoms with E-state index >= 15 is 0 Å². The zero-order valence-electron chi connectivity index (χ0n) is 21.7. The zero-order chi connectivity index (χ0) is 28.5. The number of aromatic nitrogens is 2. The van der Waals surface area contributed by atoms with Gasteiger partial charge in [-0.2, -0.15) is 0 Å². The Balaban J connectivity index is 1.82. The second kappa shape index (κ2) is 10.9. The van der Waals surface area contributed by atoms with Crippen molar-refractivity contribution in [3.63, 3.8) is 0 Å². The van der Waals surface area contributed by atoms with Gasteiger partial charge < -0.3 is 24.6 Å². The molecular weight excluding hydrogens is 515 g/mol. The van der Waals surface area contributed by atoms with Gasteiger partial charge in [0.05, 0.1) is 17.7 Å². The van der Waals surface area contributed by atoms with Crippen molar-refractivity contribution >= 4 is 17.4 Å². The minimum absolute atomic E-state index is 0.0885. The highest BCUT2D eigenvalue weighted by Crippen LogP contribution is 2.43. The zero-order valence-corrected chi connectivity index (χ0v) is 21.7. The van der Waals surface area contributed by atoms with E-state index in [1.54, 1.807) is 12.1 Å². The first kappa shape index (κ1) is 27.9. The molecule has 2 unspecified atom stereocenters. The van der Waals surface area contributed by atoms with E-state index in [2.05, 4.69) is 14.9 Å². The summed E-state index contributed by atoms with van der Waals surface area (Å²) in [5, 5.41) is 30.4. The van der Waals surface area contributed by atoms with Crippen LogP contribution in [0.2, 0.25) is 0 Å². The number of Topliss-reactive ketones (excluding diaryl/α,β-unsaturated/α-hetero) is 1. The molecule has 2 heterocycles. The minimum atomic E-state index is -4.88. The van der Waals surface area contributed by atoms with E-state index < -0.39 is 30.2 Å². The van der Waals surface area contributed by atoms with Crippen LogP contribution in [-0.4, -0.2) is 44.9 Å². The van der Waals surface area contributed by atoms with Crippen LogP contribution in [-0.2, 0) is 4.79 Å². The average Bonchev–Trinajstić information content (AvgIpc) is 3.13. The number of hydrogen-bond acceptors (Lipinski definition) is 8. The van der Waals surface area contributed by atoms with E-state index in [9.17, 15) is 28.2 Å². The van der Waals surface area contributed by atoms with Crippen LogP contribution in [0.15, 0.2) is 66.2 Å². The summed E-state index contributed by atoms with van der Waals surface area (Å²) in [4.78, 5) is 14.6. The van der Waals surface area contributed by atoms with Gasteiger partial charge in [0, 0.05) is 11.6 Å². The summed E-state index contributed by atoms with van der Waals surface area (Å²) in [6.07, 6.45) is -6.80. The molecule has 0 spiro atoms. The monoisotopic (exact) mass is 543 g/mol. The molecule has 1 fully saturated rings. The molecule has 1 aliphatic heterocycles. The number of carbonyl (C=O) groups excluding carboxylic acids is 1. The van der Waals surface area contributed by atoms with E-state index in [1.165, 1.54) is 29.2 Å². The van der Waals surface area contributed by atoms with Crippen LogP contribution in [0.4, 0.5) is 19.0 Å². The molecule has 1 aromatic heterocycles. The fourth-order valence-corrected chi connectivity index (χ4v) is 4.30. The van der Waals surface area contributed by atoms with Crippen LogP contribution in [0.1, 0.15) is 56.3 Å². The number of ketones is 1. The number of rotatable bonds is 7. The van der Waals surface area contributed by atoms with Crippen molar-refractivity contribution in [2.75, 3.05) is 4.90 Å². The molecule has 11 heteroatoms. The van der Waals surface area contributed by atoms with E-state index in [1.807, 2.05) is 39.8 Å². The van der Waals surface area contributed by atoms with Crippen molar-refractivity contribution in [1.29, 1.82) is 0 Å². The number of aliphatic hydroxyl groups is 2. The van der Waals surface area contributed by atoms with Crippen LogP contribution in [0.3, 0.4) is 0 Å². The van der Waals surface area contributed by atoms with Gasteiger partial charge in [0.1, 0.15) is 11.5 Å². The normalized spacial score (nSPS) is 19.1. The lowest BCUT2D eigenvalue weighted by Gasteiger charge is -2.28. The van der Waals surface area contributed by atoms with Crippen molar-refractivity contribution < 1.29 is 37.7 Å². The highest BCUT2D eigenvalue weighted by atomic mass is 19.4. The highest BCUT2D eigenvalue weighted by Gasteiger charge is 2.47. The third-order valence-electron chi connectivity index (χ3n) is 6.10. The molecule has 39 heavy (non-hydrogen) atoms. The largest absolute Gasteiger partial charge is 0.573 e. The lowest BCUT2D eigenvalue weighted by atomic mass is 9.94. The first-order valence-electron chi connectivity index (χ1n) is 12.3. The molecule has 1 aliphatic rings. The summed E-state index contributed by atoms with van der Waals surface area (Å²) >= 11 is 0. The lowest BCUT2D eigenvalue weighted by Crippen LogP contribution is -2.35. The molecule has 4 rings (SSSR count). The number of ether oxygens (including phenoxy) is 2. The molecule has 2 aromatic carbocycles. The van der Waals surface area contributed by atoms with Crippen molar-refractivity contribution in [3.8, 4) is 11.6 Å². The van der Waals surface area contributed by atoms with E-state index in [0.29, 0.717) is 11.1 Å². The number of anilines is 1. The number of carbonyl (C=O) groups is 1. The first-order valence-corrected chi connectivity index (χ1v) is 12.3. The molecule has 0 aliphatic carbocycles. The van der Waals surface area contributed by atoms with Crippen LogP contribution < -0.4 is 14.4 Å². The number of alkyl halides is 3. The van der Waals surface area contributed by atoms with Crippen molar-refractivity contribution in [2.45, 2.75) is 58.3 Å². The van der Waals surface area contributed by atoms with Crippen LogP contribution in [0, 0.1) is 0 Å². The van der Waals surface area contributed by atoms with Crippen molar-refractivity contribution in [1.82, 2.24) is 10.2 Å². The number of nitrogens with zero attached hydrogens (tertiary/aromatic N) is 3.